The summed E-state index contributed by atoms with van der Waals surface area (Å²) < 4.78 is 0. The molecule has 0 spiro atoms. The average molecular weight is 249 g/mol. The van der Waals surface area contributed by atoms with Gasteiger partial charge in [0.2, 0.25) is 5.91 Å². The largest absolute Gasteiger partial charge is 0.330 e. The van der Waals surface area contributed by atoms with Gasteiger partial charge in [0.15, 0.2) is 0 Å². The number of nitrogens with one attached hydrogen (secondary N) is 1. The Morgan fingerprint density at radius 3 is 2.39 bits per heavy atom. The number of amides is 1. The third-order valence-electron chi connectivity index (χ3n) is 2.72. The van der Waals surface area contributed by atoms with E-state index in [0.717, 1.165) is 12.1 Å². The normalized spacial score (nSPS) is 12.5. The van der Waals surface area contributed by atoms with Crippen LogP contribution in [0.3, 0.4) is 0 Å². The third kappa shape index (κ3) is 4.85. The van der Waals surface area contributed by atoms with Crippen LogP contribution in [0.25, 0.3) is 0 Å². The molecule has 1 aromatic carbocycles. The number of hydrogen-bond acceptors (Lipinski definition) is 3. The van der Waals surface area contributed by atoms with E-state index in [1.54, 1.807) is 0 Å². The second kappa shape index (κ2) is 7.13. The fourth-order valence-corrected chi connectivity index (χ4v) is 1.77. The molecule has 0 saturated heterocycles. The van der Waals surface area contributed by atoms with Crippen LogP contribution in [0.5, 0.6) is 0 Å². The van der Waals surface area contributed by atoms with Gasteiger partial charge in [-0.15, -0.1) is 0 Å². The molecule has 1 atom stereocenters. The molecule has 0 aliphatic heterocycles. The number of benzene rings is 1. The van der Waals surface area contributed by atoms with Crippen LogP contribution in [0.15, 0.2) is 24.3 Å². The Morgan fingerprint density at radius 1 is 1.28 bits per heavy atom. The van der Waals surface area contributed by atoms with Crippen molar-refractivity contribution in [3.8, 4) is 0 Å². The molecule has 0 aliphatic carbocycles. The minimum atomic E-state index is -0.450. The van der Waals surface area contributed by atoms with E-state index in [0.29, 0.717) is 18.9 Å². The molecule has 1 aromatic rings. The first kappa shape index (κ1) is 14.7. The molecule has 0 saturated carbocycles. The zero-order chi connectivity index (χ0) is 13.5. The van der Waals surface area contributed by atoms with Crippen LogP contribution in [0.4, 0.5) is 5.69 Å². The van der Waals surface area contributed by atoms with Crippen molar-refractivity contribution in [2.75, 3.05) is 11.9 Å². The van der Waals surface area contributed by atoms with Crippen LogP contribution >= 0.6 is 0 Å². The zero-order valence-corrected chi connectivity index (χ0v) is 11.1. The van der Waals surface area contributed by atoms with Crippen LogP contribution < -0.4 is 16.8 Å². The lowest BCUT2D eigenvalue weighted by Gasteiger charge is -2.14. The first-order chi connectivity index (χ1) is 8.52. The molecule has 0 aromatic heterocycles. The van der Waals surface area contributed by atoms with E-state index in [2.05, 4.69) is 19.2 Å². The molecule has 1 rings (SSSR count). The highest BCUT2D eigenvalue weighted by Crippen LogP contribution is 2.11. The Labute approximate surface area is 109 Å². The molecule has 0 radical (unpaired) electrons. The highest BCUT2D eigenvalue weighted by atomic mass is 16.2. The lowest BCUT2D eigenvalue weighted by molar-refractivity contribution is -0.117. The predicted molar refractivity (Wildman–Crippen MR) is 75.3 cm³/mol. The van der Waals surface area contributed by atoms with Crippen LogP contribution in [0, 0.1) is 5.92 Å². The summed E-state index contributed by atoms with van der Waals surface area (Å²) in [4.78, 5) is 11.8. The molecule has 4 heteroatoms. The zero-order valence-electron chi connectivity index (χ0n) is 11.1. The summed E-state index contributed by atoms with van der Waals surface area (Å²) in [7, 11) is 0. The predicted octanol–water partition coefficient (Wildman–Crippen LogP) is 1.50. The summed E-state index contributed by atoms with van der Waals surface area (Å²) in [5.41, 5.74) is 13.2. The highest BCUT2D eigenvalue weighted by molar-refractivity contribution is 5.94. The molecule has 4 nitrogen and oxygen atoms in total. The van der Waals surface area contributed by atoms with E-state index in [9.17, 15) is 4.79 Å². The van der Waals surface area contributed by atoms with E-state index in [1.807, 2.05) is 24.3 Å². The Kier molecular flexibility index (Phi) is 5.82. The molecular formula is C14H23N3O. The summed E-state index contributed by atoms with van der Waals surface area (Å²) in [6.45, 7) is 4.73. The monoisotopic (exact) mass is 249 g/mol. The molecule has 1 amide bonds. The summed E-state index contributed by atoms with van der Waals surface area (Å²) >= 11 is 0. The van der Waals surface area contributed by atoms with Crippen molar-refractivity contribution in [2.24, 2.45) is 17.4 Å². The number of anilines is 1. The highest BCUT2D eigenvalue weighted by Gasteiger charge is 2.14. The molecule has 100 valence electrons. The van der Waals surface area contributed by atoms with E-state index in [1.165, 1.54) is 5.56 Å². The number of carbonyl (C=O) groups is 1. The van der Waals surface area contributed by atoms with Crippen molar-refractivity contribution in [3.05, 3.63) is 29.8 Å². The van der Waals surface area contributed by atoms with Gasteiger partial charge in [0.05, 0.1) is 6.04 Å². The number of carbonyl (C=O) groups excluding carboxylic acids is 1. The maximum absolute atomic E-state index is 11.8. The van der Waals surface area contributed by atoms with E-state index < -0.39 is 6.04 Å². The van der Waals surface area contributed by atoms with Gasteiger partial charge in [-0.25, -0.2) is 0 Å². The van der Waals surface area contributed by atoms with E-state index in [4.69, 9.17) is 11.5 Å². The average Bonchev–Trinajstić information content (AvgIpc) is 2.31. The number of rotatable bonds is 6. The fourth-order valence-electron chi connectivity index (χ4n) is 1.77. The summed E-state index contributed by atoms with van der Waals surface area (Å²) in [5, 5.41) is 2.82. The third-order valence-corrected chi connectivity index (χ3v) is 2.72. The molecule has 0 fully saturated rings. The van der Waals surface area contributed by atoms with Crippen molar-refractivity contribution >= 4 is 11.6 Å². The van der Waals surface area contributed by atoms with Gasteiger partial charge in [-0.3, -0.25) is 4.79 Å². The molecule has 0 unspecified atom stereocenters. The van der Waals surface area contributed by atoms with Crippen molar-refractivity contribution in [3.63, 3.8) is 0 Å². The SMILES string of the molecule is CC(C)C[C@H](N)C(=O)Nc1ccc(CCN)cc1. The molecule has 0 bridgehead atoms. The standard InChI is InChI=1S/C14H23N3O/c1-10(2)9-13(16)14(18)17-12-5-3-11(4-6-12)7-8-15/h3-6,10,13H,7-9,15-16H2,1-2H3,(H,17,18)/t13-/m0/s1. The maximum atomic E-state index is 11.8. The minimum absolute atomic E-state index is 0.129. The molecule has 0 aliphatic rings. The fraction of sp³-hybridized carbons (Fsp3) is 0.500. The van der Waals surface area contributed by atoms with Crippen LogP contribution in [-0.2, 0) is 11.2 Å². The Bertz CT molecular complexity index is 373. The molecule has 18 heavy (non-hydrogen) atoms. The minimum Gasteiger partial charge on any atom is -0.330 e. The molecule has 5 N–H and O–H groups in total. The number of hydrogen-bond donors (Lipinski definition) is 3. The van der Waals surface area contributed by atoms with Gasteiger partial charge in [-0.2, -0.15) is 0 Å². The Hall–Kier alpha value is -1.39. The van der Waals surface area contributed by atoms with Crippen LogP contribution in [0.2, 0.25) is 0 Å². The summed E-state index contributed by atoms with van der Waals surface area (Å²) in [5.74, 6) is 0.285. The van der Waals surface area contributed by atoms with Crippen molar-refractivity contribution in [1.29, 1.82) is 0 Å². The molecular weight excluding hydrogens is 226 g/mol. The van der Waals surface area contributed by atoms with Gasteiger partial charge in [0, 0.05) is 5.69 Å². The maximum Gasteiger partial charge on any atom is 0.241 e. The van der Waals surface area contributed by atoms with Crippen molar-refractivity contribution in [1.82, 2.24) is 0 Å². The van der Waals surface area contributed by atoms with E-state index >= 15 is 0 Å². The van der Waals surface area contributed by atoms with Gasteiger partial charge in [-0.05, 0) is 43.0 Å². The van der Waals surface area contributed by atoms with Gasteiger partial charge in [0.25, 0.3) is 0 Å². The topological polar surface area (TPSA) is 81.1 Å². The first-order valence-corrected chi connectivity index (χ1v) is 6.38. The number of nitrogens with two attached hydrogens (primary N) is 2. The van der Waals surface area contributed by atoms with E-state index in [-0.39, 0.29) is 5.91 Å². The lowest BCUT2D eigenvalue weighted by Crippen LogP contribution is -2.36. The Balaban J connectivity index is 2.53. The Morgan fingerprint density at radius 2 is 1.89 bits per heavy atom. The van der Waals surface area contributed by atoms with Crippen LogP contribution in [0.1, 0.15) is 25.8 Å². The van der Waals surface area contributed by atoms with Gasteiger partial charge >= 0.3 is 0 Å². The second-order valence-corrected chi connectivity index (χ2v) is 4.96. The lowest BCUT2D eigenvalue weighted by atomic mass is 10.0. The molecule has 0 heterocycles. The first-order valence-electron chi connectivity index (χ1n) is 6.38. The van der Waals surface area contributed by atoms with Gasteiger partial charge < -0.3 is 16.8 Å². The van der Waals surface area contributed by atoms with Gasteiger partial charge in [-0.1, -0.05) is 26.0 Å². The second-order valence-electron chi connectivity index (χ2n) is 4.96. The smallest absolute Gasteiger partial charge is 0.241 e. The summed E-state index contributed by atoms with van der Waals surface area (Å²) in [6.07, 6.45) is 1.54. The van der Waals surface area contributed by atoms with Gasteiger partial charge in [0.1, 0.15) is 0 Å². The van der Waals surface area contributed by atoms with Crippen LogP contribution in [-0.4, -0.2) is 18.5 Å². The van der Waals surface area contributed by atoms with Crippen molar-refractivity contribution < 1.29 is 4.79 Å². The quantitative estimate of drug-likeness (QED) is 0.714. The summed E-state index contributed by atoms with van der Waals surface area (Å²) in [6, 6.07) is 7.25. The van der Waals surface area contributed by atoms with Crippen molar-refractivity contribution in [2.45, 2.75) is 32.7 Å².